The Morgan fingerprint density at radius 2 is 2.09 bits per heavy atom. The van der Waals surface area contributed by atoms with Gasteiger partial charge in [0.15, 0.2) is 0 Å². The summed E-state index contributed by atoms with van der Waals surface area (Å²) in [6.07, 6.45) is 4.17. The average molecular weight is 178 g/mol. The van der Waals surface area contributed by atoms with Crippen molar-refractivity contribution in [2.75, 3.05) is 0 Å². The number of hydrogen-bond donors (Lipinski definition) is 1. The zero-order valence-corrected chi connectivity index (χ0v) is 6.94. The number of thioether (sulfide) groups is 1. The minimum absolute atomic E-state index is 0.237. The molecule has 4 heteroatoms. The fourth-order valence-electron chi connectivity index (χ4n) is 1.25. The van der Waals surface area contributed by atoms with E-state index < -0.39 is 11.5 Å². The Labute approximate surface area is 69.2 Å². The second-order valence-corrected chi connectivity index (χ2v) is 4.05. The van der Waals surface area contributed by atoms with E-state index in [0.29, 0.717) is 0 Å². The highest BCUT2D eigenvalue weighted by Gasteiger charge is 2.24. The summed E-state index contributed by atoms with van der Waals surface area (Å²) in [5.41, 5.74) is -1.72. The maximum absolute atomic E-state index is 12.5. The average Bonchev–Trinajstić information content (AvgIpc) is 2.39. The lowest BCUT2D eigenvalue weighted by Crippen LogP contribution is -2.13. The van der Waals surface area contributed by atoms with Crippen molar-refractivity contribution >= 4 is 17.7 Å². The molecular weight excluding hydrogens is 167 g/mol. The molecule has 0 saturated heterocycles. The molecule has 0 aromatic heterocycles. The number of halogens is 1. The summed E-state index contributed by atoms with van der Waals surface area (Å²) in [7, 11) is 0. The van der Waals surface area contributed by atoms with Crippen molar-refractivity contribution in [3.63, 3.8) is 0 Å². The molecular formula is C7H11FO2S. The predicted octanol–water partition coefficient (Wildman–Crippen LogP) is 2.04. The first-order valence-electron chi connectivity index (χ1n) is 3.72. The van der Waals surface area contributed by atoms with Crippen molar-refractivity contribution in [3.05, 3.63) is 0 Å². The van der Waals surface area contributed by atoms with Crippen LogP contribution in [0.25, 0.3) is 0 Å². The minimum atomic E-state index is -1.72. The quantitative estimate of drug-likeness (QED) is 0.718. The first-order chi connectivity index (χ1) is 5.20. The Morgan fingerprint density at radius 3 is 2.55 bits per heavy atom. The van der Waals surface area contributed by atoms with Gasteiger partial charge < -0.3 is 5.11 Å². The molecule has 1 rings (SSSR count). The smallest absolute Gasteiger partial charge is 0.348 e. The monoisotopic (exact) mass is 178 g/mol. The Hall–Kier alpha value is -0.250. The van der Waals surface area contributed by atoms with Gasteiger partial charge >= 0.3 is 5.97 Å². The van der Waals surface area contributed by atoms with E-state index in [-0.39, 0.29) is 5.25 Å². The predicted molar refractivity (Wildman–Crippen MR) is 42.4 cm³/mol. The molecule has 1 saturated carbocycles. The molecule has 1 aliphatic rings. The minimum Gasteiger partial charge on any atom is -0.478 e. The highest BCUT2D eigenvalue weighted by molar-refractivity contribution is 8.01. The molecule has 1 unspecified atom stereocenters. The number of rotatable bonds is 3. The zero-order chi connectivity index (χ0) is 8.27. The van der Waals surface area contributed by atoms with Gasteiger partial charge in [-0.05, 0) is 12.8 Å². The lowest BCUT2D eigenvalue weighted by Gasteiger charge is -2.08. The molecule has 0 heterocycles. The van der Waals surface area contributed by atoms with Gasteiger partial charge in [-0.15, -0.1) is 11.8 Å². The van der Waals surface area contributed by atoms with Gasteiger partial charge in [0, 0.05) is 5.25 Å². The second kappa shape index (κ2) is 3.95. The first kappa shape index (κ1) is 8.84. The summed E-state index contributed by atoms with van der Waals surface area (Å²) in [6.45, 7) is 0. The van der Waals surface area contributed by atoms with Gasteiger partial charge in [0.1, 0.15) is 0 Å². The van der Waals surface area contributed by atoms with Crippen LogP contribution in [-0.4, -0.2) is 21.8 Å². The summed E-state index contributed by atoms with van der Waals surface area (Å²) in [4.78, 5) is 10.1. The van der Waals surface area contributed by atoms with Crippen LogP contribution >= 0.6 is 11.8 Å². The summed E-state index contributed by atoms with van der Waals surface area (Å²) >= 11 is 0.949. The van der Waals surface area contributed by atoms with Crippen LogP contribution in [0.1, 0.15) is 25.7 Å². The number of hydrogen-bond acceptors (Lipinski definition) is 2. The number of alkyl halides is 1. The lowest BCUT2D eigenvalue weighted by molar-refractivity contribution is -0.139. The standard InChI is InChI=1S/C7H11FO2S/c8-6(7(9)10)11-5-3-1-2-4-5/h5-6H,1-4H2,(H,9,10). The van der Waals surface area contributed by atoms with E-state index in [1.165, 1.54) is 0 Å². The molecule has 2 nitrogen and oxygen atoms in total. The largest absolute Gasteiger partial charge is 0.478 e. The second-order valence-electron chi connectivity index (χ2n) is 2.70. The molecule has 0 radical (unpaired) electrons. The Bertz CT molecular complexity index is 145. The van der Waals surface area contributed by atoms with Gasteiger partial charge in [-0.3, -0.25) is 0 Å². The number of carbonyl (C=O) groups is 1. The molecule has 0 spiro atoms. The van der Waals surface area contributed by atoms with Crippen molar-refractivity contribution in [2.24, 2.45) is 0 Å². The van der Waals surface area contributed by atoms with E-state index >= 15 is 0 Å². The van der Waals surface area contributed by atoms with Crippen LogP contribution in [0.5, 0.6) is 0 Å². The topological polar surface area (TPSA) is 37.3 Å². The van der Waals surface area contributed by atoms with E-state index in [4.69, 9.17) is 5.11 Å². The van der Waals surface area contributed by atoms with E-state index in [1.54, 1.807) is 0 Å². The zero-order valence-electron chi connectivity index (χ0n) is 6.12. The highest BCUT2D eigenvalue weighted by atomic mass is 32.2. The van der Waals surface area contributed by atoms with Crippen LogP contribution in [0, 0.1) is 0 Å². The molecule has 1 atom stereocenters. The lowest BCUT2D eigenvalue weighted by atomic mass is 10.4. The van der Waals surface area contributed by atoms with Gasteiger partial charge in [-0.25, -0.2) is 9.18 Å². The Balaban J connectivity index is 2.23. The van der Waals surface area contributed by atoms with Crippen LogP contribution < -0.4 is 0 Å². The fraction of sp³-hybridized carbons (Fsp3) is 0.857. The van der Waals surface area contributed by atoms with Gasteiger partial charge in [-0.2, -0.15) is 0 Å². The van der Waals surface area contributed by atoms with Crippen LogP contribution in [0.15, 0.2) is 0 Å². The molecule has 0 aliphatic heterocycles. The van der Waals surface area contributed by atoms with Crippen molar-refractivity contribution in [3.8, 4) is 0 Å². The third-order valence-corrected chi connectivity index (χ3v) is 3.11. The fourth-order valence-corrected chi connectivity index (χ4v) is 2.31. The molecule has 1 N–H and O–H groups in total. The maximum Gasteiger partial charge on any atom is 0.348 e. The van der Waals surface area contributed by atoms with Crippen LogP contribution in [0.4, 0.5) is 4.39 Å². The maximum atomic E-state index is 12.5. The van der Waals surface area contributed by atoms with E-state index in [2.05, 4.69) is 0 Å². The molecule has 1 aliphatic carbocycles. The van der Waals surface area contributed by atoms with Gasteiger partial charge in [0.2, 0.25) is 5.50 Å². The van der Waals surface area contributed by atoms with Gasteiger partial charge in [0.05, 0.1) is 0 Å². The summed E-state index contributed by atoms with van der Waals surface area (Å²) in [5, 5.41) is 8.48. The first-order valence-corrected chi connectivity index (χ1v) is 4.67. The molecule has 11 heavy (non-hydrogen) atoms. The van der Waals surface area contributed by atoms with E-state index in [9.17, 15) is 9.18 Å². The van der Waals surface area contributed by atoms with Crippen LogP contribution in [0.2, 0.25) is 0 Å². The molecule has 0 aromatic rings. The number of aliphatic carboxylic acids is 1. The molecule has 0 amide bonds. The van der Waals surface area contributed by atoms with Crippen molar-refractivity contribution in [2.45, 2.75) is 36.4 Å². The molecule has 1 fully saturated rings. The Morgan fingerprint density at radius 1 is 1.55 bits per heavy atom. The van der Waals surface area contributed by atoms with Crippen molar-refractivity contribution < 1.29 is 14.3 Å². The molecule has 0 bridgehead atoms. The number of carboxylic acids is 1. The normalized spacial score (nSPS) is 21.9. The van der Waals surface area contributed by atoms with Crippen molar-refractivity contribution in [1.29, 1.82) is 0 Å². The van der Waals surface area contributed by atoms with Crippen LogP contribution in [0.3, 0.4) is 0 Å². The molecule has 64 valence electrons. The van der Waals surface area contributed by atoms with Crippen molar-refractivity contribution in [1.82, 2.24) is 0 Å². The third-order valence-electron chi connectivity index (χ3n) is 1.81. The van der Waals surface area contributed by atoms with Crippen LogP contribution in [-0.2, 0) is 4.79 Å². The van der Waals surface area contributed by atoms with E-state index in [1.807, 2.05) is 0 Å². The van der Waals surface area contributed by atoms with Gasteiger partial charge in [0.25, 0.3) is 0 Å². The third kappa shape index (κ3) is 2.69. The highest BCUT2D eigenvalue weighted by Crippen LogP contribution is 2.32. The summed E-state index contributed by atoms with van der Waals surface area (Å²) < 4.78 is 12.5. The number of carboxylic acid groups (broad SMARTS) is 1. The molecule has 0 aromatic carbocycles. The Kier molecular flexibility index (Phi) is 3.17. The SMILES string of the molecule is O=C(O)C(F)SC1CCCC1. The van der Waals surface area contributed by atoms with E-state index in [0.717, 1.165) is 37.4 Å². The summed E-state index contributed by atoms with van der Waals surface area (Å²) in [5.74, 6) is -1.35. The summed E-state index contributed by atoms with van der Waals surface area (Å²) in [6, 6.07) is 0. The van der Waals surface area contributed by atoms with Gasteiger partial charge in [-0.1, -0.05) is 12.8 Å².